The van der Waals surface area contributed by atoms with Gasteiger partial charge in [-0.3, -0.25) is 14.4 Å². The Balaban J connectivity index is 1.59. The summed E-state index contributed by atoms with van der Waals surface area (Å²) in [4.78, 5) is 43.3. The van der Waals surface area contributed by atoms with Gasteiger partial charge in [0.2, 0.25) is 17.7 Å². The Hall–Kier alpha value is -1.63. The van der Waals surface area contributed by atoms with Gasteiger partial charge in [0.1, 0.15) is 0 Å². The molecule has 3 fully saturated rings. The van der Waals surface area contributed by atoms with E-state index in [9.17, 15) is 14.4 Å². The maximum absolute atomic E-state index is 13.0. The van der Waals surface area contributed by atoms with Gasteiger partial charge in [-0.05, 0) is 32.1 Å². The summed E-state index contributed by atoms with van der Waals surface area (Å²) in [5.41, 5.74) is -0.426. The fraction of sp³-hybridized carbons (Fsp3) is 0.842. The summed E-state index contributed by atoms with van der Waals surface area (Å²) < 4.78 is 5.11. The van der Waals surface area contributed by atoms with Crippen molar-refractivity contribution in [1.29, 1.82) is 0 Å². The van der Waals surface area contributed by atoms with Gasteiger partial charge < -0.3 is 19.4 Å². The van der Waals surface area contributed by atoms with Crippen LogP contribution in [0.5, 0.6) is 0 Å². The molecule has 0 aromatic carbocycles. The molecule has 0 radical (unpaired) electrons. The summed E-state index contributed by atoms with van der Waals surface area (Å²) in [5.74, 6) is 0.241. The van der Waals surface area contributed by atoms with E-state index in [2.05, 4.69) is 0 Å². The molecule has 3 rings (SSSR count). The first-order valence-electron chi connectivity index (χ1n) is 9.90. The minimum Gasteiger partial charge on any atom is -0.383 e. The lowest BCUT2D eigenvalue weighted by molar-refractivity contribution is -0.147. The largest absolute Gasteiger partial charge is 0.383 e. The van der Waals surface area contributed by atoms with Crippen LogP contribution in [-0.2, 0) is 19.1 Å². The fourth-order valence-corrected chi connectivity index (χ4v) is 4.50. The molecule has 0 aliphatic carbocycles. The lowest BCUT2D eigenvalue weighted by Crippen LogP contribution is -2.51. The van der Waals surface area contributed by atoms with Crippen molar-refractivity contribution in [1.82, 2.24) is 14.7 Å². The Labute approximate surface area is 155 Å². The number of carbonyl (C=O) groups excluding carboxylic acids is 3. The summed E-state index contributed by atoms with van der Waals surface area (Å²) in [5, 5.41) is 0. The zero-order valence-corrected chi connectivity index (χ0v) is 15.9. The number of amides is 3. The van der Waals surface area contributed by atoms with Gasteiger partial charge in [0.15, 0.2) is 0 Å². The zero-order valence-electron chi connectivity index (χ0n) is 15.9. The lowest BCUT2D eigenvalue weighted by Gasteiger charge is -2.39. The van der Waals surface area contributed by atoms with Crippen LogP contribution in [-0.4, -0.2) is 85.4 Å². The first-order valence-corrected chi connectivity index (χ1v) is 9.90. The van der Waals surface area contributed by atoms with E-state index in [4.69, 9.17) is 4.74 Å². The standard InChI is InChI=1S/C19H31N3O4/c1-26-13-12-20-10-5-7-19(18(20)25)8-11-22(15-19)17(24)14-21-9-4-2-3-6-16(21)23/h2-15H2,1H3/t19-/m0/s1. The van der Waals surface area contributed by atoms with Crippen molar-refractivity contribution in [3.05, 3.63) is 0 Å². The molecule has 0 N–H and O–H groups in total. The molecule has 26 heavy (non-hydrogen) atoms. The number of hydrogen-bond donors (Lipinski definition) is 0. The van der Waals surface area contributed by atoms with Gasteiger partial charge in [0.05, 0.1) is 18.6 Å². The lowest BCUT2D eigenvalue weighted by atomic mass is 9.78. The van der Waals surface area contributed by atoms with E-state index in [0.717, 1.165) is 45.1 Å². The van der Waals surface area contributed by atoms with Gasteiger partial charge in [0.25, 0.3) is 0 Å². The van der Waals surface area contributed by atoms with Crippen LogP contribution in [0.15, 0.2) is 0 Å². The summed E-state index contributed by atoms with van der Waals surface area (Å²) in [6.07, 6.45) is 6.04. The second-order valence-corrected chi connectivity index (χ2v) is 7.86. The average molecular weight is 365 g/mol. The molecule has 0 saturated carbocycles. The topological polar surface area (TPSA) is 70.2 Å². The Bertz CT molecular complexity index is 553. The van der Waals surface area contributed by atoms with E-state index >= 15 is 0 Å². The normalized spacial score (nSPS) is 27.3. The van der Waals surface area contributed by atoms with E-state index < -0.39 is 5.41 Å². The Morgan fingerprint density at radius 3 is 2.65 bits per heavy atom. The van der Waals surface area contributed by atoms with Crippen molar-refractivity contribution in [3.8, 4) is 0 Å². The van der Waals surface area contributed by atoms with Crippen LogP contribution in [0.1, 0.15) is 44.9 Å². The van der Waals surface area contributed by atoms with Gasteiger partial charge in [0, 0.05) is 46.3 Å². The highest BCUT2D eigenvalue weighted by Crippen LogP contribution is 2.40. The van der Waals surface area contributed by atoms with Crippen LogP contribution < -0.4 is 0 Å². The van der Waals surface area contributed by atoms with Crippen LogP contribution in [0.4, 0.5) is 0 Å². The number of carbonyl (C=O) groups is 3. The van der Waals surface area contributed by atoms with Gasteiger partial charge in [-0.2, -0.15) is 0 Å². The molecule has 3 heterocycles. The molecular weight excluding hydrogens is 334 g/mol. The predicted molar refractivity (Wildman–Crippen MR) is 96.4 cm³/mol. The van der Waals surface area contributed by atoms with E-state index in [1.807, 2.05) is 4.90 Å². The van der Waals surface area contributed by atoms with Crippen molar-refractivity contribution in [2.24, 2.45) is 5.41 Å². The molecule has 7 nitrogen and oxygen atoms in total. The first kappa shape index (κ1) is 19.1. The number of hydrogen-bond acceptors (Lipinski definition) is 4. The van der Waals surface area contributed by atoms with Gasteiger partial charge in [-0.15, -0.1) is 0 Å². The average Bonchev–Trinajstić information content (AvgIpc) is 2.96. The molecule has 0 aromatic rings. The van der Waals surface area contributed by atoms with Crippen LogP contribution in [0.2, 0.25) is 0 Å². The summed E-state index contributed by atoms with van der Waals surface area (Å²) in [6.45, 7) is 3.89. The number of nitrogens with zero attached hydrogens (tertiary/aromatic N) is 3. The summed E-state index contributed by atoms with van der Waals surface area (Å²) in [7, 11) is 1.64. The maximum Gasteiger partial charge on any atom is 0.242 e. The first-order chi connectivity index (χ1) is 12.6. The molecule has 3 aliphatic heterocycles. The van der Waals surface area contributed by atoms with E-state index in [0.29, 0.717) is 39.2 Å². The van der Waals surface area contributed by atoms with Crippen LogP contribution >= 0.6 is 0 Å². The summed E-state index contributed by atoms with van der Waals surface area (Å²) in [6, 6.07) is 0. The number of ether oxygens (including phenoxy) is 1. The van der Waals surface area contributed by atoms with Crippen molar-refractivity contribution in [3.63, 3.8) is 0 Å². The number of likely N-dealkylation sites (tertiary alicyclic amines) is 3. The highest BCUT2D eigenvalue weighted by atomic mass is 16.5. The molecule has 146 valence electrons. The quantitative estimate of drug-likeness (QED) is 0.725. The molecule has 0 aromatic heterocycles. The Kier molecular flexibility index (Phi) is 6.16. The van der Waals surface area contributed by atoms with E-state index in [1.165, 1.54) is 0 Å². The van der Waals surface area contributed by atoms with Crippen molar-refractivity contribution < 1.29 is 19.1 Å². The Morgan fingerprint density at radius 2 is 1.85 bits per heavy atom. The highest BCUT2D eigenvalue weighted by molar-refractivity contribution is 5.88. The van der Waals surface area contributed by atoms with Crippen LogP contribution in [0.3, 0.4) is 0 Å². The monoisotopic (exact) mass is 365 g/mol. The molecule has 3 saturated heterocycles. The van der Waals surface area contributed by atoms with Crippen LogP contribution in [0.25, 0.3) is 0 Å². The van der Waals surface area contributed by atoms with Crippen molar-refractivity contribution in [2.45, 2.75) is 44.9 Å². The molecule has 1 spiro atoms. The van der Waals surface area contributed by atoms with Gasteiger partial charge >= 0.3 is 0 Å². The molecule has 3 aliphatic rings. The smallest absolute Gasteiger partial charge is 0.242 e. The highest BCUT2D eigenvalue weighted by Gasteiger charge is 2.49. The Morgan fingerprint density at radius 1 is 1.04 bits per heavy atom. The third-order valence-corrected chi connectivity index (χ3v) is 6.09. The minimum absolute atomic E-state index is 0.0149. The van der Waals surface area contributed by atoms with Crippen molar-refractivity contribution in [2.75, 3.05) is 53.0 Å². The molecule has 3 amide bonds. The van der Waals surface area contributed by atoms with Crippen LogP contribution in [0, 0.1) is 5.41 Å². The third-order valence-electron chi connectivity index (χ3n) is 6.09. The third kappa shape index (κ3) is 4.03. The number of piperidine rings is 1. The fourth-order valence-electron chi connectivity index (χ4n) is 4.50. The van der Waals surface area contributed by atoms with Crippen molar-refractivity contribution >= 4 is 17.7 Å². The number of methoxy groups -OCH3 is 1. The van der Waals surface area contributed by atoms with Gasteiger partial charge in [-0.25, -0.2) is 0 Å². The number of rotatable bonds is 5. The SMILES string of the molecule is COCCN1CCC[C@@]2(CCN(C(=O)CN3CCCCCC3=O)C2)C1=O. The molecule has 1 atom stereocenters. The summed E-state index contributed by atoms with van der Waals surface area (Å²) >= 11 is 0. The maximum atomic E-state index is 13.0. The second kappa shape index (κ2) is 8.37. The molecule has 0 bridgehead atoms. The second-order valence-electron chi connectivity index (χ2n) is 7.86. The molecule has 7 heteroatoms. The minimum atomic E-state index is -0.426. The molecular formula is C19H31N3O4. The predicted octanol–water partition coefficient (Wildman–Crippen LogP) is 0.877. The van der Waals surface area contributed by atoms with Gasteiger partial charge in [-0.1, -0.05) is 6.42 Å². The van der Waals surface area contributed by atoms with E-state index in [1.54, 1.807) is 16.9 Å². The van der Waals surface area contributed by atoms with E-state index in [-0.39, 0.29) is 24.3 Å². The molecule has 0 unspecified atom stereocenters. The zero-order chi connectivity index (χ0) is 18.6.